The summed E-state index contributed by atoms with van der Waals surface area (Å²) >= 11 is 3.00. The number of nitrogens with one attached hydrogen (secondary N) is 1. The fourth-order valence-electron chi connectivity index (χ4n) is 1.59. The Morgan fingerprint density at radius 1 is 1.30 bits per heavy atom. The van der Waals surface area contributed by atoms with Gasteiger partial charge in [-0.15, -0.1) is 11.3 Å². The molecule has 0 aromatic carbocycles. The summed E-state index contributed by atoms with van der Waals surface area (Å²) in [6, 6.07) is 3.70. The monoisotopic (exact) mass is 308 g/mol. The highest BCUT2D eigenvalue weighted by molar-refractivity contribution is 7.98. The fourth-order valence-corrected chi connectivity index (χ4v) is 3.48. The van der Waals surface area contributed by atoms with E-state index in [1.54, 1.807) is 17.8 Å². The van der Waals surface area contributed by atoms with E-state index in [0.717, 1.165) is 32.7 Å². The van der Waals surface area contributed by atoms with Gasteiger partial charge in [-0.25, -0.2) is 15.8 Å². The van der Waals surface area contributed by atoms with Crippen LogP contribution < -0.4 is 11.3 Å². The highest BCUT2D eigenvalue weighted by Gasteiger charge is 2.09. The van der Waals surface area contributed by atoms with Gasteiger partial charge in [-0.2, -0.15) is 0 Å². The minimum absolute atomic E-state index is 0.260. The first-order valence-corrected chi connectivity index (χ1v) is 7.85. The molecule has 2 aromatic heterocycles. The van der Waals surface area contributed by atoms with E-state index in [1.165, 1.54) is 11.3 Å². The van der Waals surface area contributed by atoms with E-state index in [0.29, 0.717) is 4.88 Å². The number of rotatable bonds is 4. The lowest BCUT2D eigenvalue weighted by atomic mass is 10.2. The standard InChI is InChI=1S/C13H16N4OS2/c1-7-8(2)15-13(16-9(7)3)19-6-10-4-5-11(20-10)12(18)17-14/h4-5H,6,14H2,1-3H3,(H,17,18). The normalized spacial score (nSPS) is 10.6. The average molecular weight is 308 g/mol. The second-order valence-electron chi connectivity index (χ2n) is 4.33. The Morgan fingerprint density at radius 3 is 2.55 bits per heavy atom. The lowest BCUT2D eigenvalue weighted by Crippen LogP contribution is -2.29. The third-order valence-electron chi connectivity index (χ3n) is 2.97. The SMILES string of the molecule is Cc1nc(SCc2ccc(C(=O)NN)s2)nc(C)c1C. The second-order valence-corrected chi connectivity index (χ2v) is 6.44. The van der Waals surface area contributed by atoms with E-state index < -0.39 is 0 Å². The van der Waals surface area contributed by atoms with Crippen LogP contribution in [0.2, 0.25) is 0 Å². The Bertz CT molecular complexity index is 616. The molecule has 0 aliphatic heterocycles. The van der Waals surface area contributed by atoms with Gasteiger partial charge in [0.15, 0.2) is 5.16 Å². The van der Waals surface area contributed by atoms with Crippen LogP contribution in [-0.4, -0.2) is 15.9 Å². The maximum absolute atomic E-state index is 11.4. The summed E-state index contributed by atoms with van der Waals surface area (Å²) < 4.78 is 0. The van der Waals surface area contributed by atoms with Crippen LogP contribution in [0.15, 0.2) is 17.3 Å². The molecule has 106 valence electrons. The Labute approximate surface area is 126 Å². The Kier molecular flexibility index (Phi) is 4.74. The predicted molar refractivity (Wildman–Crippen MR) is 81.8 cm³/mol. The van der Waals surface area contributed by atoms with Crippen molar-refractivity contribution in [3.63, 3.8) is 0 Å². The van der Waals surface area contributed by atoms with Gasteiger partial charge in [0, 0.05) is 22.0 Å². The van der Waals surface area contributed by atoms with Crippen LogP contribution in [0.4, 0.5) is 0 Å². The quantitative estimate of drug-likeness (QED) is 0.298. The number of nitrogens with two attached hydrogens (primary N) is 1. The smallest absolute Gasteiger partial charge is 0.275 e. The lowest BCUT2D eigenvalue weighted by molar-refractivity contribution is 0.0957. The van der Waals surface area contributed by atoms with Crippen molar-refractivity contribution in [2.24, 2.45) is 5.84 Å². The molecule has 2 heterocycles. The zero-order valence-corrected chi connectivity index (χ0v) is 13.2. The molecule has 7 heteroatoms. The average Bonchev–Trinajstić information content (AvgIpc) is 2.90. The number of aryl methyl sites for hydroxylation is 2. The molecular formula is C13H16N4OS2. The van der Waals surface area contributed by atoms with Crippen LogP contribution in [0.25, 0.3) is 0 Å². The molecule has 0 spiro atoms. The van der Waals surface area contributed by atoms with Crippen LogP contribution in [0.5, 0.6) is 0 Å². The number of thiophene rings is 1. The summed E-state index contributed by atoms with van der Waals surface area (Å²) in [5.41, 5.74) is 5.28. The third kappa shape index (κ3) is 3.36. The predicted octanol–water partition coefficient (Wildman–Crippen LogP) is 2.36. The van der Waals surface area contributed by atoms with Gasteiger partial charge in [0.25, 0.3) is 5.91 Å². The minimum Gasteiger partial charge on any atom is -0.289 e. The maximum Gasteiger partial charge on any atom is 0.275 e. The van der Waals surface area contributed by atoms with Crippen molar-refractivity contribution < 1.29 is 4.79 Å². The number of carbonyl (C=O) groups is 1. The zero-order valence-electron chi connectivity index (χ0n) is 11.6. The molecule has 0 aliphatic rings. The van der Waals surface area contributed by atoms with E-state index in [2.05, 4.69) is 15.4 Å². The molecule has 2 rings (SSSR count). The molecular weight excluding hydrogens is 292 g/mol. The van der Waals surface area contributed by atoms with Gasteiger partial charge in [0.05, 0.1) is 4.88 Å². The number of amides is 1. The molecule has 20 heavy (non-hydrogen) atoms. The molecule has 0 atom stereocenters. The third-order valence-corrected chi connectivity index (χ3v) is 5.14. The molecule has 0 fully saturated rings. The molecule has 2 aromatic rings. The van der Waals surface area contributed by atoms with Gasteiger partial charge in [-0.05, 0) is 38.5 Å². The molecule has 0 unspecified atom stereocenters. The van der Waals surface area contributed by atoms with E-state index in [4.69, 9.17) is 5.84 Å². The first-order valence-electron chi connectivity index (χ1n) is 6.05. The van der Waals surface area contributed by atoms with E-state index in [1.807, 2.05) is 26.8 Å². The van der Waals surface area contributed by atoms with Gasteiger partial charge in [-0.3, -0.25) is 10.2 Å². The highest BCUT2D eigenvalue weighted by atomic mass is 32.2. The Morgan fingerprint density at radius 2 is 1.95 bits per heavy atom. The van der Waals surface area contributed by atoms with Crippen LogP contribution in [0, 0.1) is 20.8 Å². The summed E-state index contributed by atoms with van der Waals surface area (Å²) in [7, 11) is 0. The second kappa shape index (κ2) is 6.34. The number of carbonyl (C=O) groups excluding carboxylic acids is 1. The Balaban J connectivity index is 2.05. The van der Waals surface area contributed by atoms with Crippen LogP contribution in [-0.2, 0) is 5.75 Å². The molecule has 0 bridgehead atoms. The number of nitrogen functional groups attached to an aromatic ring is 1. The molecule has 3 N–H and O–H groups in total. The number of aromatic nitrogens is 2. The summed E-state index contributed by atoms with van der Waals surface area (Å²) in [6.07, 6.45) is 0. The lowest BCUT2D eigenvalue weighted by Gasteiger charge is -2.05. The van der Waals surface area contributed by atoms with Crippen molar-refractivity contribution in [2.75, 3.05) is 0 Å². The summed E-state index contributed by atoms with van der Waals surface area (Å²) in [5.74, 6) is 5.59. The molecule has 0 saturated heterocycles. The number of hydrogen-bond acceptors (Lipinski definition) is 6. The first-order chi connectivity index (χ1) is 9.51. The summed E-state index contributed by atoms with van der Waals surface area (Å²) in [5, 5.41) is 0.767. The van der Waals surface area contributed by atoms with Crippen molar-refractivity contribution in [3.05, 3.63) is 38.8 Å². The van der Waals surface area contributed by atoms with Gasteiger partial charge >= 0.3 is 0 Å². The Hall–Kier alpha value is -1.44. The van der Waals surface area contributed by atoms with Crippen LogP contribution in [0.1, 0.15) is 31.5 Å². The van der Waals surface area contributed by atoms with Crippen molar-refractivity contribution in [3.8, 4) is 0 Å². The van der Waals surface area contributed by atoms with Gasteiger partial charge in [0.1, 0.15) is 0 Å². The van der Waals surface area contributed by atoms with E-state index in [-0.39, 0.29) is 5.91 Å². The van der Waals surface area contributed by atoms with Crippen molar-refractivity contribution in [2.45, 2.75) is 31.7 Å². The minimum atomic E-state index is -0.260. The molecule has 0 aliphatic carbocycles. The maximum atomic E-state index is 11.4. The van der Waals surface area contributed by atoms with Gasteiger partial charge in [-0.1, -0.05) is 11.8 Å². The fraction of sp³-hybridized carbons (Fsp3) is 0.308. The van der Waals surface area contributed by atoms with Crippen LogP contribution in [0.3, 0.4) is 0 Å². The largest absolute Gasteiger partial charge is 0.289 e. The van der Waals surface area contributed by atoms with Crippen molar-refractivity contribution in [1.82, 2.24) is 15.4 Å². The van der Waals surface area contributed by atoms with Gasteiger partial charge in [0.2, 0.25) is 0 Å². The number of hydrazine groups is 1. The summed E-state index contributed by atoms with van der Waals surface area (Å²) in [6.45, 7) is 6.00. The zero-order chi connectivity index (χ0) is 14.7. The van der Waals surface area contributed by atoms with E-state index in [9.17, 15) is 4.79 Å². The molecule has 0 saturated carbocycles. The first kappa shape index (κ1) is 15.0. The molecule has 0 radical (unpaired) electrons. The van der Waals surface area contributed by atoms with Crippen molar-refractivity contribution in [1.29, 1.82) is 0 Å². The molecule has 5 nitrogen and oxygen atoms in total. The molecule has 1 amide bonds. The highest BCUT2D eigenvalue weighted by Crippen LogP contribution is 2.25. The number of nitrogens with zero attached hydrogens (tertiary/aromatic N) is 2. The van der Waals surface area contributed by atoms with Crippen LogP contribution >= 0.6 is 23.1 Å². The van der Waals surface area contributed by atoms with Gasteiger partial charge < -0.3 is 0 Å². The topological polar surface area (TPSA) is 80.9 Å². The van der Waals surface area contributed by atoms with E-state index >= 15 is 0 Å². The number of thioether (sulfide) groups is 1. The number of hydrogen-bond donors (Lipinski definition) is 2. The summed E-state index contributed by atoms with van der Waals surface area (Å²) in [4.78, 5) is 22.0. The van der Waals surface area contributed by atoms with Crippen molar-refractivity contribution >= 4 is 29.0 Å².